The highest BCUT2D eigenvalue weighted by atomic mass is 32.2. The third-order valence-electron chi connectivity index (χ3n) is 3.78. The lowest BCUT2D eigenvalue weighted by atomic mass is 9.92. The van der Waals surface area contributed by atoms with E-state index >= 15 is 0 Å². The van der Waals surface area contributed by atoms with E-state index in [4.69, 9.17) is 0 Å². The molecule has 0 unspecified atom stereocenters. The summed E-state index contributed by atoms with van der Waals surface area (Å²) in [5.74, 6) is 0. The van der Waals surface area contributed by atoms with Gasteiger partial charge in [0.1, 0.15) is 0 Å². The summed E-state index contributed by atoms with van der Waals surface area (Å²) >= 11 is 0. The fourth-order valence-corrected chi connectivity index (χ4v) is 3.80. The smallest absolute Gasteiger partial charge is 0.261 e. The van der Waals surface area contributed by atoms with Crippen LogP contribution in [0.4, 0.5) is 5.69 Å². The standard InChI is InChI=1S/C16H18N2O2S/c1-12-10-15(8-9-17-12)18-21(19,20)16-7-6-13-4-2-3-5-14(13)11-16/h6-11H,2-5H2,1H3,(H,17,18). The molecule has 0 amide bonds. The van der Waals surface area contributed by atoms with Gasteiger partial charge < -0.3 is 0 Å². The Morgan fingerprint density at radius 1 is 1.05 bits per heavy atom. The molecule has 1 aliphatic carbocycles. The Bertz CT molecular complexity index is 770. The highest BCUT2D eigenvalue weighted by Gasteiger charge is 2.17. The lowest BCUT2D eigenvalue weighted by molar-refractivity contribution is 0.600. The van der Waals surface area contributed by atoms with E-state index in [1.54, 1.807) is 24.4 Å². The monoisotopic (exact) mass is 302 g/mol. The van der Waals surface area contributed by atoms with E-state index in [9.17, 15) is 8.42 Å². The summed E-state index contributed by atoms with van der Waals surface area (Å²) in [6.45, 7) is 1.83. The normalized spacial score (nSPS) is 14.5. The summed E-state index contributed by atoms with van der Waals surface area (Å²) in [5, 5.41) is 0. The Kier molecular flexibility index (Phi) is 3.68. The van der Waals surface area contributed by atoms with Gasteiger partial charge in [-0.3, -0.25) is 9.71 Å². The molecule has 0 fully saturated rings. The number of aryl methyl sites for hydroxylation is 3. The van der Waals surface area contributed by atoms with Crippen LogP contribution in [0, 0.1) is 6.92 Å². The minimum absolute atomic E-state index is 0.331. The quantitative estimate of drug-likeness (QED) is 0.948. The van der Waals surface area contributed by atoms with Gasteiger partial charge in [-0.25, -0.2) is 8.42 Å². The summed E-state index contributed by atoms with van der Waals surface area (Å²) in [5.41, 5.74) is 3.76. The van der Waals surface area contributed by atoms with Crippen LogP contribution in [0.1, 0.15) is 29.7 Å². The fourth-order valence-electron chi connectivity index (χ4n) is 2.70. The molecule has 0 saturated heterocycles. The first-order valence-electron chi connectivity index (χ1n) is 7.12. The van der Waals surface area contributed by atoms with Crippen LogP contribution in [0.15, 0.2) is 41.4 Å². The minimum Gasteiger partial charge on any atom is -0.280 e. The number of anilines is 1. The van der Waals surface area contributed by atoms with Crippen molar-refractivity contribution in [3.63, 3.8) is 0 Å². The average molecular weight is 302 g/mol. The van der Waals surface area contributed by atoms with Crippen LogP contribution in [0.25, 0.3) is 0 Å². The topological polar surface area (TPSA) is 59.1 Å². The van der Waals surface area contributed by atoms with E-state index in [2.05, 4.69) is 9.71 Å². The summed E-state index contributed by atoms with van der Waals surface area (Å²) in [7, 11) is -3.54. The molecule has 0 aliphatic heterocycles. The van der Waals surface area contributed by atoms with Gasteiger partial charge in [-0.05, 0) is 68.0 Å². The number of hydrogen-bond acceptors (Lipinski definition) is 3. The average Bonchev–Trinajstić information content (AvgIpc) is 2.46. The molecule has 0 bridgehead atoms. The molecule has 1 aromatic carbocycles. The van der Waals surface area contributed by atoms with Gasteiger partial charge in [0.05, 0.1) is 10.6 Å². The summed E-state index contributed by atoms with van der Waals surface area (Å²) in [4.78, 5) is 4.40. The third-order valence-corrected chi connectivity index (χ3v) is 5.16. The Morgan fingerprint density at radius 2 is 1.81 bits per heavy atom. The predicted octanol–water partition coefficient (Wildman–Crippen LogP) is 3.07. The third kappa shape index (κ3) is 3.08. The van der Waals surface area contributed by atoms with Crippen molar-refractivity contribution in [2.45, 2.75) is 37.5 Å². The number of pyridine rings is 1. The van der Waals surface area contributed by atoms with E-state index in [0.717, 1.165) is 30.5 Å². The second-order valence-corrected chi connectivity index (χ2v) is 7.11. The van der Waals surface area contributed by atoms with Crippen molar-refractivity contribution >= 4 is 15.7 Å². The number of rotatable bonds is 3. The van der Waals surface area contributed by atoms with Crippen LogP contribution in [0.2, 0.25) is 0 Å². The lowest BCUT2D eigenvalue weighted by Gasteiger charge is -2.17. The zero-order chi connectivity index (χ0) is 14.9. The zero-order valence-electron chi connectivity index (χ0n) is 12.0. The molecule has 3 rings (SSSR count). The number of nitrogens with zero attached hydrogens (tertiary/aromatic N) is 1. The first-order valence-corrected chi connectivity index (χ1v) is 8.60. The van der Waals surface area contributed by atoms with Crippen LogP contribution in [0.3, 0.4) is 0 Å². The van der Waals surface area contributed by atoms with Crippen molar-refractivity contribution in [2.75, 3.05) is 4.72 Å². The van der Waals surface area contributed by atoms with E-state index in [1.165, 1.54) is 12.0 Å². The number of aromatic nitrogens is 1. The van der Waals surface area contributed by atoms with Crippen molar-refractivity contribution in [2.24, 2.45) is 0 Å². The molecule has 0 spiro atoms. The maximum absolute atomic E-state index is 12.5. The molecular weight excluding hydrogens is 284 g/mol. The Hall–Kier alpha value is -1.88. The zero-order valence-corrected chi connectivity index (χ0v) is 12.8. The van der Waals surface area contributed by atoms with E-state index in [1.807, 2.05) is 19.1 Å². The Morgan fingerprint density at radius 3 is 2.57 bits per heavy atom. The molecule has 1 aromatic heterocycles. The van der Waals surface area contributed by atoms with Gasteiger partial charge in [-0.1, -0.05) is 6.07 Å². The number of sulfonamides is 1. The van der Waals surface area contributed by atoms with E-state index in [0.29, 0.717) is 10.6 Å². The van der Waals surface area contributed by atoms with Crippen LogP contribution in [-0.2, 0) is 22.9 Å². The molecule has 2 aromatic rings. The van der Waals surface area contributed by atoms with Gasteiger partial charge in [-0.2, -0.15) is 0 Å². The summed E-state index contributed by atoms with van der Waals surface area (Å²) < 4.78 is 27.5. The molecule has 0 saturated carbocycles. The molecule has 5 heteroatoms. The molecule has 1 heterocycles. The fraction of sp³-hybridized carbons (Fsp3) is 0.312. The van der Waals surface area contributed by atoms with Crippen molar-refractivity contribution in [3.8, 4) is 0 Å². The van der Waals surface area contributed by atoms with Gasteiger partial charge in [0, 0.05) is 11.9 Å². The molecule has 4 nitrogen and oxygen atoms in total. The van der Waals surface area contributed by atoms with Crippen molar-refractivity contribution < 1.29 is 8.42 Å². The highest BCUT2D eigenvalue weighted by molar-refractivity contribution is 7.92. The molecule has 1 aliphatic rings. The van der Waals surface area contributed by atoms with Crippen molar-refractivity contribution in [3.05, 3.63) is 53.3 Å². The Labute approximate surface area is 125 Å². The van der Waals surface area contributed by atoms with Gasteiger partial charge in [0.15, 0.2) is 0 Å². The minimum atomic E-state index is -3.54. The predicted molar refractivity (Wildman–Crippen MR) is 82.9 cm³/mol. The van der Waals surface area contributed by atoms with Crippen LogP contribution >= 0.6 is 0 Å². The van der Waals surface area contributed by atoms with Gasteiger partial charge in [-0.15, -0.1) is 0 Å². The number of hydrogen-bond donors (Lipinski definition) is 1. The molecule has 0 radical (unpaired) electrons. The van der Waals surface area contributed by atoms with E-state index < -0.39 is 10.0 Å². The second kappa shape index (κ2) is 5.48. The van der Waals surface area contributed by atoms with Crippen molar-refractivity contribution in [1.82, 2.24) is 4.98 Å². The Balaban J connectivity index is 1.91. The second-order valence-electron chi connectivity index (χ2n) is 5.43. The molecule has 1 N–H and O–H groups in total. The molecule has 0 atom stereocenters. The lowest BCUT2D eigenvalue weighted by Crippen LogP contribution is -2.14. The maximum atomic E-state index is 12.5. The molecule has 110 valence electrons. The van der Waals surface area contributed by atoms with Gasteiger partial charge in [0.2, 0.25) is 0 Å². The van der Waals surface area contributed by atoms with Crippen LogP contribution in [0.5, 0.6) is 0 Å². The van der Waals surface area contributed by atoms with Crippen LogP contribution < -0.4 is 4.72 Å². The maximum Gasteiger partial charge on any atom is 0.261 e. The summed E-state index contributed by atoms with van der Waals surface area (Å²) in [6.07, 6.45) is 5.93. The molecular formula is C16H18N2O2S. The number of fused-ring (bicyclic) bond motifs is 1. The van der Waals surface area contributed by atoms with Crippen molar-refractivity contribution in [1.29, 1.82) is 0 Å². The van der Waals surface area contributed by atoms with Gasteiger partial charge >= 0.3 is 0 Å². The first-order chi connectivity index (χ1) is 10.0. The number of nitrogens with one attached hydrogen (secondary N) is 1. The number of benzene rings is 1. The summed E-state index contributed by atoms with van der Waals surface area (Å²) in [6, 6.07) is 8.82. The van der Waals surface area contributed by atoms with Gasteiger partial charge in [0.25, 0.3) is 10.0 Å². The SMILES string of the molecule is Cc1cc(NS(=O)(=O)c2ccc3c(c2)CCCC3)ccn1. The molecule has 21 heavy (non-hydrogen) atoms. The first kappa shape index (κ1) is 14.1. The largest absolute Gasteiger partial charge is 0.280 e. The van der Waals surface area contributed by atoms with E-state index in [-0.39, 0.29) is 0 Å². The highest BCUT2D eigenvalue weighted by Crippen LogP contribution is 2.25. The van der Waals surface area contributed by atoms with Crippen LogP contribution in [-0.4, -0.2) is 13.4 Å².